The number of rotatable bonds is 3. The molecular formula is C15H25O4P. The fraction of sp³-hybridized carbons (Fsp3) is 0.600. The van der Waals surface area contributed by atoms with E-state index in [4.69, 9.17) is 9.05 Å². The minimum atomic E-state index is -3.64. The average Bonchev–Trinajstić information content (AvgIpc) is 2.09. The van der Waals surface area contributed by atoms with Crippen molar-refractivity contribution in [2.45, 2.75) is 59.7 Å². The van der Waals surface area contributed by atoms with Gasteiger partial charge in [-0.15, -0.1) is 0 Å². The summed E-state index contributed by atoms with van der Waals surface area (Å²) in [5, 5.41) is 10.3. The van der Waals surface area contributed by atoms with Crippen LogP contribution in [0.25, 0.3) is 0 Å². The first-order valence-corrected chi connectivity index (χ1v) is 8.19. The first kappa shape index (κ1) is 17.2. The second-order valence-electron chi connectivity index (χ2n) is 6.85. The number of aryl methyl sites for hydroxylation is 1. The van der Waals surface area contributed by atoms with Gasteiger partial charge in [-0.1, -0.05) is 12.1 Å². The Morgan fingerprint density at radius 2 is 1.45 bits per heavy atom. The fourth-order valence-corrected chi connectivity index (χ4v) is 4.35. The molecule has 0 spiro atoms. The van der Waals surface area contributed by atoms with Gasteiger partial charge in [-0.05, 0) is 60.1 Å². The van der Waals surface area contributed by atoms with Crippen molar-refractivity contribution in [1.82, 2.24) is 0 Å². The van der Waals surface area contributed by atoms with E-state index in [-0.39, 0.29) is 11.1 Å². The topological polar surface area (TPSA) is 55.8 Å². The number of phenols is 1. The van der Waals surface area contributed by atoms with Gasteiger partial charge in [-0.3, -0.25) is 13.6 Å². The largest absolute Gasteiger partial charge is 0.507 e. The molecule has 20 heavy (non-hydrogen) atoms. The predicted octanol–water partition coefficient (Wildman–Crippen LogP) is 4.15. The molecule has 1 aromatic carbocycles. The van der Waals surface area contributed by atoms with Gasteiger partial charge >= 0.3 is 7.60 Å². The zero-order valence-electron chi connectivity index (χ0n) is 13.4. The van der Waals surface area contributed by atoms with Crippen LogP contribution in [-0.2, 0) is 13.6 Å². The third-order valence-corrected chi connectivity index (χ3v) is 4.98. The molecule has 1 aromatic rings. The molecule has 0 atom stereocenters. The van der Waals surface area contributed by atoms with Gasteiger partial charge in [0.25, 0.3) is 0 Å². The molecular weight excluding hydrogens is 275 g/mol. The molecule has 0 heterocycles. The van der Waals surface area contributed by atoms with Crippen LogP contribution >= 0.6 is 7.60 Å². The van der Waals surface area contributed by atoms with Crippen molar-refractivity contribution < 1.29 is 18.7 Å². The van der Waals surface area contributed by atoms with Gasteiger partial charge in [-0.2, -0.15) is 0 Å². The summed E-state index contributed by atoms with van der Waals surface area (Å²) >= 11 is 0. The molecule has 0 aromatic heterocycles. The maximum Gasteiger partial charge on any atom is 0.366 e. The fourth-order valence-electron chi connectivity index (χ4n) is 1.83. The van der Waals surface area contributed by atoms with E-state index in [0.29, 0.717) is 5.56 Å². The normalized spacial score (nSPS) is 13.6. The van der Waals surface area contributed by atoms with E-state index < -0.39 is 18.8 Å². The van der Waals surface area contributed by atoms with Gasteiger partial charge in [0.2, 0.25) is 0 Å². The van der Waals surface area contributed by atoms with Gasteiger partial charge in [0, 0.05) is 0 Å². The lowest BCUT2D eigenvalue weighted by Gasteiger charge is -2.33. The summed E-state index contributed by atoms with van der Waals surface area (Å²) in [6, 6.07) is 4.97. The summed E-state index contributed by atoms with van der Waals surface area (Å²) in [4.78, 5) is 0. The van der Waals surface area contributed by atoms with Crippen LogP contribution in [0.5, 0.6) is 5.75 Å². The Kier molecular flexibility index (Phi) is 4.75. The third-order valence-electron chi connectivity index (χ3n) is 2.28. The van der Waals surface area contributed by atoms with Crippen LogP contribution in [0, 0.1) is 6.92 Å². The molecule has 0 unspecified atom stereocenters. The summed E-state index contributed by atoms with van der Waals surface area (Å²) in [7, 11) is -3.64. The Morgan fingerprint density at radius 1 is 1.00 bits per heavy atom. The molecule has 0 aliphatic heterocycles. The number of hydrogen-bond donors (Lipinski definition) is 1. The number of hydrogen-bond acceptors (Lipinski definition) is 4. The van der Waals surface area contributed by atoms with Gasteiger partial charge in [0.15, 0.2) is 0 Å². The van der Waals surface area contributed by atoms with E-state index in [9.17, 15) is 9.67 Å². The first-order chi connectivity index (χ1) is 8.84. The van der Waals surface area contributed by atoms with Crippen molar-refractivity contribution in [2.75, 3.05) is 0 Å². The zero-order chi connectivity index (χ0) is 15.8. The zero-order valence-corrected chi connectivity index (χ0v) is 14.2. The SMILES string of the molecule is Cc1cccc(O)c1P(=O)(OC(C)(C)C)OC(C)(C)C. The van der Waals surface area contributed by atoms with Crippen molar-refractivity contribution in [3.63, 3.8) is 0 Å². The lowest BCUT2D eigenvalue weighted by atomic mass is 10.2. The highest BCUT2D eigenvalue weighted by atomic mass is 31.2. The van der Waals surface area contributed by atoms with Crippen LogP contribution in [0.1, 0.15) is 47.1 Å². The summed E-state index contributed by atoms with van der Waals surface area (Å²) in [5.41, 5.74) is -0.632. The van der Waals surface area contributed by atoms with Crippen molar-refractivity contribution in [3.8, 4) is 5.75 Å². The molecule has 5 heteroatoms. The van der Waals surface area contributed by atoms with Gasteiger partial charge < -0.3 is 5.11 Å². The first-order valence-electron chi connectivity index (χ1n) is 6.65. The molecule has 0 saturated carbocycles. The summed E-state index contributed by atoms with van der Waals surface area (Å²) in [5.74, 6) is -0.0677. The highest BCUT2D eigenvalue weighted by molar-refractivity contribution is 7.62. The molecule has 1 N–H and O–H groups in total. The van der Waals surface area contributed by atoms with E-state index >= 15 is 0 Å². The lowest BCUT2D eigenvalue weighted by Crippen LogP contribution is -2.29. The molecule has 1 rings (SSSR count). The molecule has 114 valence electrons. The van der Waals surface area contributed by atoms with Crippen molar-refractivity contribution >= 4 is 12.9 Å². The van der Waals surface area contributed by atoms with E-state index in [1.54, 1.807) is 60.6 Å². The van der Waals surface area contributed by atoms with Crippen LogP contribution in [0.4, 0.5) is 0 Å². The van der Waals surface area contributed by atoms with Crippen molar-refractivity contribution in [3.05, 3.63) is 23.8 Å². The lowest BCUT2D eigenvalue weighted by molar-refractivity contribution is 0.0546. The molecule has 0 fully saturated rings. The van der Waals surface area contributed by atoms with Crippen LogP contribution in [0.2, 0.25) is 0 Å². The minimum Gasteiger partial charge on any atom is -0.507 e. The smallest absolute Gasteiger partial charge is 0.366 e. The van der Waals surface area contributed by atoms with E-state index in [1.807, 2.05) is 0 Å². The second-order valence-corrected chi connectivity index (χ2v) is 8.65. The average molecular weight is 300 g/mol. The van der Waals surface area contributed by atoms with Crippen LogP contribution in [0.15, 0.2) is 18.2 Å². The van der Waals surface area contributed by atoms with E-state index in [2.05, 4.69) is 0 Å². The Bertz CT molecular complexity index is 483. The molecule has 0 bridgehead atoms. The standard InChI is InChI=1S/C15H25O4P/c1-11-9-8-10-12(16)13(11)20(17,18-14(2,3)4)19-15(5,6)7/h8-10,16H,1-7H3. The number of phenolic OH excluding ortho intramolecular Hbond substituents is 1. The van der Waals surface area contributed by atoms with E-state index in [0.717, 1.165) is 0 Å². The predicted molar refractivity (Wildman–Crippen MR) is 81.8 cm³/mol. The Morgan fingerprint density at radius 3 is 1.80 bits per heavy atom. The quantitative estimate of drug-likeness (QED) is 0.852. The molecule has 0 saturated heterocycles. The van der Waals surface area contributed by atoms with Crippen LogP contribution in [0.3, 0.4) is 0 Å². The Balaban J connectivity index is 3.42. The molecule has 4 nitrogen and oxygen atoms in total. The molecule has 0 aliphatic carbocycles. The molecule has 0 amide bonds. The van der Waals surface area contributed by atoms with Gasteiger partial charge in [0.05, 0.1) is 11.2 Å². The van der Waals surface area contributed by atoms with Crippen molar-refractivity contribution in [1.29, 1.82) is 0 Å². The molecule has 0 radical (unpaired) electrons. The highest BCUT2D eigenvalue weighted by Gasteiger charge is 2.40. The maximum absolute atomic E-state index is 13.3. The van der Waals surface area contributed by atoms with Gasteiger partial charge in [0.1, 0.15) is 11.1 Å². The summed E-state index contributed by atoms with van der Waals surface area (Å²) in [6.07, 6.45) is 0. The maximum atomic E-state index is 13.3. The Labute approximate surface area is 121 Å². The van der Waals surface area contributed by atoms with E-state index in [1.165, 1.54) is 6.07 Å². The highest BCUT2D eigenvalue weighted by Crippen LogP contribution is 2.55. The second kappa shape index (κ2) is 5.51. The number of aromatic hydroxyl groups is 1. The summed E-state index contributed by atoms with van der Waals surface area (Å²) in [6.45, 7) is 12.6. The van der Waals surface area contributed by atoms with Crippen LogP contribution in [-0.4, -0.2) is 16.3 Å². The Hall–Kier alpha value is -0.830. The monoisotopic (exact) mass is 300 g/mol. The van der Waals surface area contributed by atoms with Gasteiger partial charge in [-0.25, -0.2) is 0 Å². The minimum absolute atomic E-state index is 0.0677. The van der Waals surface area contributed by atoms with Crippen molar-refractivity contribution in [2.24, 2.45) is 0 Å². The number of benzene rings is 1. The van der Waals surface area contributed by atoms with Crippen LogP contribution < -0.4 is 5.30 Å². The molecule has 0 aliphatic rings. The summed E-state index contributed by atoms with van der Waals surface area (Å²) < 4.78 is 24.7. The third kappa shape index (κ3) is 4.62.